The monoisotopic (exact) mass is 1150 g/mol. The van der Waals surface area contributed by atoms with Crippen molar-refractivity contribution in [3.8, 4) is 11.1 Å². The van der Waals surface area contributed by atoms with Crippen LogP contribution in [0.3, 0.4) is 0 Å². The Morgan fingerprint density at radius 2 is 0.840 bits per heavy atom. The normalized spacial score (nSPS) is 10.7. The van der Waals surface area contributed by atoms with Crippen molar-refractivity contribution in [2.24, 2.45) is 45.7 Å². The van der Waals surface area contributed by atoms with E-state index in [1.165, 1.54) is 52.1 Å². The summed E-state index contributed by atoms with van der Waals surface area (Å²) >= 11 is 12.0. The van der Waals surface area contributed by atoms with Crippen molar-refractivity contribution >= 4 is 34.6 Å². The Hall–Kier alpha value is -6.61. The summed E-state index contributed by atoms with van der Waals surface area (Å²) in [5.41, 5.74) is 26.7. The number of alkyl halides is 3. The van der Waals surface area contributed by atoms with Crippen LogP contribution >= 0.6 is 23.2 Å². The predicted octanol–water partition coefficient (Wildman–Crippen LogP) is 23.8. The second-order valence-electron chi connectivity index (χ2n) is 22.4. The molecular formula is C68H83Cl2F5N6. The molecule has 0 atom stereocenters. The first-order valence-electron chi connectivity index (χ1n) is 27.7. The molecule has 0 radical (unpaired) electrons. The largest absolute Gasteiger partial charge is 0.416 e. The van der Waals surface area contributed by atoms with E-state index >= 15 is 0 Å². The fourth-order valence-corrected chi connectivity index (χ4v) is 8.87. The van der Waals surface area contributed by atoms with Gasteiger partial charge in [-0.1, -0.05) is 244 Å². The van der Waals surface area contributed by atoms with Crippen molar-refractivity contribution in [1.82, 2.24) is 0 Å². The van der Waals surface area contributed by atoms with Crippen molar-refractivity contribution in [1.29, 1.82) is 0 Å². The molecule has 0 aliphatic rings. The Labute approximate surface area is 490 Å². The molecule has 0 unspecified atom stereocenters. The molecular weight excluding hydrogens is 1070 g/mol. The fraction of sp³-hybridized carbons (Fsp3) is 0.382. The minimum absolute atomic E-state index is 0.201. The number of rotatable bonds is 15. The Morgan fingerprint density at radius 3 is 1.30 bits per heavy atom. The van der Waals surface area contributed by atoms with Crippen LogP contribution in [0.5, 0.6) is 0 Å². The third kappa shape index (κ3) is 29.1. The molecule has 81 heavy (non-hydrogen) atoms. The van der Waals surface area contributed by atoms with Crippen LogP contribution in [0.15, 0.2) is 168 Å². The number of nitrogens with zero attached hydrogens (tertiary/aromatic N) is 6. The molecule has 0 amide bonds. The van der Waals surface area contributed by atoms with Crippen molar-refractivity contribution in [2.75, 3.05) is 0 Å². The highest BCUT2D eigenvalue weighted by Gasteiger charge is 2.32. The fourth-order valence-electron chi connectivity index (χ4n) is 8.32. The average molecular weight is 1150 g/mol. The Morgan fingerprint density at radius 1 is 0.432 bits per heavy atom. The van der Waals surface area contributed by atoms with Gasteiger partial charge in [-0.15, -0.1) is 0 Å². The van der Waals surface area contributed by atoms with E-state index in [9.17, 15) is 22.0 Å². The lowest BCUT2D eigenvalue weighted by Crippen LogP contribution is -2.10. The van der Waals surface area contributed by atoms with Gasteiger partial charge in [0.15, 0.2) is 0 Å². The Bertz CT molecular complexity index is 2900. The van der Waals surface area contributed by atoms with E-state index in [0.29, 0.717) is 41.8 Å². The minimum atomic E-state index is -4.23. The summed E-state index contributed by atoms with van der Waals surface area (Å²) in [5, 5.41) is 8.66. The first-order valence-corrected chi connectivity index (χ1v) is 28.4. The summed E-state index contributed by atoms with van der Waals surface area (Å²) in [6, 6.07) is 48.5. The van der Waals surface area contributed by atoms with Crippen LogP contribution in [0.1, 0.15) is 128 Å². The van der Waals surface area contributed by atoms with Crippen LogP contribution in [-0.4, -0.2) is 0 Å². The molecule has 13 heteroatoms. The van der Waals surface area contributed by atoms with Gasteiger partial charge in [0.2, 0.25) is 0 Å². The molecule has 0 aliphatic carbocycles. The van der Waals surface area contributed by atoms with E-state index in [0.717, 1.165) is 64.5 Å². The van der Waals surface area contributed by atoms with Gasteiger partial charge in [-0.3, -0.25) is 0 Å². The number of hydrogen-bond acceptors (Lipinski definition) is 2. The molecule has 0 aromatic heterocycles. The molecule has 0 spiro atoms. The van der Waals surface area contributed by atoms with Crippen LogP contribution in [0.2, 0.25) is 10.0 Å². The summed E-state index contributed by atoms with van der Waals surface area (Å²) in [5.74, 6) is 2.25. The van der Waals surface area contributed by atoms with Gasteiger partial charge in [0.1, 0.15) is 11.6 Å². The van der Waals surface area contributed by atoms with Crippen LogP contribution in [-0.2, 0) is 44.7 Å². The van der Waals surface area contributed by atoms with Gasteiger partial charge in [-0.05, 0) is 167 Å². The van der Waals surface area contributed by atoms with Gasteiger partial charge in [0, 0.05) is 36.8 Å². The highest BCUT2D eigenvalue weighted by molar-refractivity contribution is 6.36. The van der Waals surface area contributed by atoms with Crippen molar-refractivity contribution in [3.63, 3.8) is 0 Å². The van der Waals surface area contributed by atoms with Crippen molar-refractivity contribution in [3.05, 3.63) is 245 Å². The van der Waals surface area contributed by atoms with Crippen LogP contribution in [0.4, 0.5) is 33.3 Å². The van der Waals surface area contributed by atoms with E-state index in [1.807, 2.05) is 89.2 Å². The van der Waals surface area contributed by atoms with Crippen LogP contribution in [0.25, 0.3) is 32.0 Å². The molecule has 434 valence electrons. The molecule has 6 nitrogen and oxygen atoms in total. The van der Waals surface area contributed by atoms with Crippen molar-refractivity contribution in [2.45, 2.75) is 135 Å². The molecule has 7 aromatic rings. The second kappa shape index (κ2) is 37.4. The lowest BCUT2D eigenvalue weighted by atomic mass is 9.98. The molecule has 0 bridgehead atoms. The molecule has 0 heterocycles. The maximum absolute atomic E-state index is 13.0. The molecule has 7 aromatic carbocycles. The average Bonchev–Trinajstić information content (AvgIpc) is 3.39. The van der Waals surface area contributed by atoms with Gasteiger partial charge in [-0.2, -0.15) is 13.2 Å². The molecule has 0 saturated heterocycles. The SMILES string of the molecule is CC(C)Cc1c(Cl)cccc1Cl.CC(C)Cc1c(F)cccc1F.CC(C)Cc1ccc(-c2ccccc2)cc1.CC(C)Cc1ccc(N=[N+]=[N-])cc1.CC(C)Cc1ccccc1C(F)(F)F.Cc1cc(CC(C)C)ccc1N=[N+]=[N-]. The first-order chi connectivity index (χ1) is 38.2. The summed E-state index contributed by atoms with van der Waals surface area (Å²) in [6.45, 7) is 27.2. The third-order valence-electron chi connectivity index (χ3n) is 11.8. The van der Waals surface area contributed by atoms with Gasteiger partial charge < -0.3 is 0 Å². The number of hydrogen-bond donors (Lipinski definition) is 0. The zero-order chi connectivity index (χ0) is 60.7. The maximum Gasteiger partial charge on any atom is 0.416 e. The number of benzene rings is 7. The molecule has 0 N–H and O–H groups in total. The Balaban J connectivity index is 0.000000333. The quantitative estimate of drug-likeness (QED) is 0.0423. The zero-order valence-corrected chi connectivity index (χ0v) is 51.1. The standard InChI is InChI=1S/C16H18.C11H13F3.C11H15N3.C10H12Cl2.C10H12F2.C10H13N3/c1-13(2)12-14-8-10-16(11-9-14)15-6-4-3-5-7-15;1-8(2)7-9-5-3-4-6-10(9)11(12,13)14;1-8(2)6-10-4-5-11(13-14-12)9(3)7-10;2*1-7(2)6-8-9(11)4-3-5-10(8)12;1-8(2)7-9-3-5-10(6-4-9)12-13-11/h3-11,13H,12H2,1-2H3;3-6,8H,7H2,1-2H3;4-5,7-8H,6H2,1-3H3;2*3-5,7H,6H2,1-2H3;3-6,8H,7H2,1-2H3. The highest BCUT2D eigenvalue weighted by Crippen LogP contribution is 2.33. The number of halogens is 7. The highest BCUT2D eigenvalue weighted by atomic mass is 35.5. The molecule has 0 aliphatic heterocycles. The van der Waals surface area contributed by atoms with Gasteiger partial charge in [0.05, 0.1) is 5.56 Å². The number of azide groups is 2. The minimum Gasteiger partial charge on any atom is -0.207 e. The molecule has 0 saturated carbocycles. The van der Waals surface area contributed by atoms with E-state index in [2.05, 4.69) is 136 Å². The lowest BCUT2D eigenvalue weighted by Gasteiger charge is -2.13. The summed E-state index contributed by atoms with van der Waals surface area (Å²) < 4.78 is 63.4. The topological polar surface area (TPSA) is 97.5 Å². The van der Waals surface area contributed by atoms with E-state index < -0.39 is 23.4 Å². The van der Waals surface area contributed by atoms with Crippen LogP contribution in [0, 0.1) is 54.1 Å². The Kier molecular flexibility index (Phi) is 32.6. The summed E-state index contributed by atoms with van der Waals surface area (Å²) in [4.78, 5) is 5.50. The molecule has 7 rings (SSSR count). The zero-order valence-electron chi connectivity index (χ0n) is 49.5. The van der Waals surface area contributed by atoms with Crippen molar-refractivity contribution < 1.29 is 22.0 Å². The maximum atomic E-state index is 13.0. The van der Waals surface area contributed by atoms with Gasteiger partial charge in [0.25, 0.3) is 0 Å². The van der Waals surface area contributed by atoms with E-state index in [4.69, 9.17) is 34.3 Å². The lowest BCUT2D eigenvalue weighted by molar-refractivity contribution is -0.138. The van der Waals surface area contributed by atoms with E-state index in [1.54, 1.807) is 12.1 Å². The van der Waals surface area contributed by atoms with Crippen LogP contribution < -0.4 is 0 Å². The van der Waals surface area contributed by atoms with Gasteiger partial charge in [-0.25, -0.2) is 8.78 Å². The number of aryl methyl sites for hydroxylation is 1. The second-order valence-corrected chi connectivity index (χ2v) is 23.2. The van der Waals surface area contributed by atoms with Gasteiger partial charge >= 0.3 is 6.18 Å². The third-order valence-corrected chi connectivity index (χ3v) is 12.5. The smallest absolute Gasteiger partial charge is 0.207 e. The predicted molar refractivity (Wildman–Crippen MR) is 333 cm³/mol. The summed E-state index contributed by atoms with van der Waals surface area (Å²) in [6.07, 6.45) is 0.932. The summed E-state index contributed by atoms with van der Waals surface area (Å²) in [7, 11) is 0. The van der Waals surface area contributed by atoms with E-state index in [-0.39, 0.29) is 17.4 Å². The first kappa shape index (κ1) is 70.5. The molecule has 0 fully saturated rings.